The summed E-state index contributed by atoms with van der Waals surface area (Å²) in [5, 5.41) is 12.8. The zero-order chi connectivity index (χ0) is 13.5. The van der Waals surface area contributed by atoms with E-state index >= 15 is 0 Å². The Balaban J connectivity index is 2.45. The first-order chi connectivity index (χ1) is 8.52. The lowest BCUT2D eigenvalue weighted by molar-refractivity contribution is 0.372. The highest BCUT2D eigenvalue weighted by Crippen LogP contribution is 2.26. The third-order valence-electron chi connectivity index (χ3n) is 2.74. The number of methoxy groups -OCH3 is 1. The van der Waals surface area contributed by atoms with Gasteiger partial charge in [-0.15, -0.1) is 0 Å². The molecular formula is C13H21NO3S. The summed E-state index contributed by atoms with van der Waals surface area (Å²) >= 11 is 0. The van der Waals surface area contributed by atoms with Gasteiger partial charge in [-0.2, -0.15) is 0 Å². The molecule has 0 spiro atoms. The van der Waals surface area contributed by atoms with E-state index in [2.05, 4.69) is 12.2 Å². The summed E-state index contributed by atoms with van der Waals surface area (Å²) in [4.78, 5) is 0. The van der Waals surface area contributed by atoms with Crippen molar-refractivity contribution in [1.29, 1.82) is 0 Å². The van der Waals surface area contributed by atoms with Crippen molar-refractivity contribution in [2.45, 2.75) is 25.9 Å². The third-order valence-corrected chi connectivity index (χ3v) is 3.55. The van der Waals surface area contributed by atoms with Crippen LogP contribution in [0.4, 0.5) is 0 Å². The molecule has 0 aliphatic carbocycles. The van der Waals surface area contributed by atoms with Crippen LogP contribution in [0.15, 0.2) is 18.2 Å². The van der Waals surface area contributed by atoms with E-state index in [1.54, 1.807) is 12.3 Å². The predicted octanol–water partition coefficient (Wildman–Crippen LogP) is 1.65. The molecule has 0 heterocycles. The third kappa shape index (κ3) is 5.06. The molecule has 1 rings (SSSR count). The van der Waals surface area contributed by atoms with Crippen molar-refractivity contribution in [2.24, 2.45) is 0 Å². The van der Waals surface area contributed by atoms with Crippen LogP contribution in [0.2, 0.25) is 0 Å². The van der Waals surface area contributed by atoms with Crippen LogP contribution in [-0.4, -0.2) is 34.5 Å². The summed E-state index contributed by atoms with van der Waals surface area (Å²) in [6, 6.07) is 5.61. The second-order valence-electron chi connectivity index (χ2n) is 4.35. The van der Waals surface area contributed by atoms with E-state index in [1.807, 2.05) is 12.1 Å². The second kappa shape index (κ2) is 7.38. The highest BCUT2D eigenvalue weighted by Gasteiger charge is 2.05. The van der Waals surface area contributed by atoms with Crippen LogP contribution >= 0.6 is 0 Å². The van der Waals surface area contributed by atoms with Crippen LogP contribution in [0.25, 0.3) is 0 Å². The standard InChI is InChI=1S/C13H21NO3S/c1-10(6-7-18(3)16)14-9-11-4-5-12(15)13(8-11)17-2/h4-5,8,10,14-15H,6-7,9H2,1-3H3. The number of phenolic OH excluding ortho intramolecular Hbond substituents is 1. The van der Waals surface area contributed by atoms with E-state index in [1.165, 1.54) is 7.11 Å². The highest BCUT2D eigenvalue weighted by molar-refractivity contribution is 7.84. The normalized spacial score (nSPS) is 14.2. The van der Waals surface area contributed by atoms with Crippen LogP contribution in [0.3, 0.4) is 0 Å². The van der Waals surface area contributed by atoms with Crippen molar-refractivity contribution in [2.75, 3.05) is 19.1 Å². The molecule has 1 aromatic carbocycles. The van der Waals surface area contributed by atoms with Crippen LogP contribution in [-0.2, 0) is 17.3 Å². The monoisotopic (exact) mass is 271 g/mol. The second-order valence-corrected chi connectivity index (χ2v) is 5.91. The Kier molecular flexibility index (Phi) is 6.15. The molecule has 0 aliphatic rings. The molecule has 0 fully saturated rings. The molecule has 1 aromatic rings. The topological polar surface area (TPSA) is 58.6 Å². The lowest BCUT2D eigenvalue weighted by Crippen LogP contribution is -2.26. The largest absolute Gasteiger partial charge is 0.504 e. The van der Waals surface area contributed by atoms with E-state index in [9.17, 15) is 9.32 Å². The SMILES string of the molecule is COc1cc(CNC(C)CCS(C)=O)ccc1O. The number of phenols is 1. The summed E-state index contributed by atoms with van der Waals surface area (Å²) in [5.74, 6) is 1.35. The molecule has 18 heavy (non-hydrogen) atoms. The summed E-state index contributed by atoms with van der Waals surface area (Å²) < 4.78 is 16.0. The van der Waals surface area contributed by atoms with Gasteiger partial charge in [0.2, 0.25) is 0 Å². The Morgan fingerprint density at radius 1 is 1.50 bits per heavy atom. The van der Waals surface area contributed by atoms with E-state index in [0.717, 1.165) is 12.0 Å². The van der Waals surface area contributed by atoms with Gasteiger partial charge in [0.1, 0.15) is 0 Å². The molecule has 0 aliphatic heterocycles. The van der Waals surface area contributed by atoms with Gasteiger partial charge in [-0.1, -0.05) is 6.07 Å². The van der Waals surface area contributed by atoms with Gasteiger partial charge in [0.15, 0.2) is 11.5 Å². The minimum atomic E-state index is -0.735. The lowest BCUT2D eigenvalue weighted by Gasteiger charge is -2.13. The van der Waals surface area contributed by atoms with Gasteiger partial charge in [0, 0.05) is 35.4 Å². The fourth-order valence-corrected chi connectivity index (χ4v) is 2.25. The Morgan fingerprint density at radius 3 is 2.83 bits per heavy atom. The Hall–Kier alpha value is -1.07. The van der Waals surface area contributed by atoms with Crippen LogP contribution < -0.4 is 10.1 Å². The number of rotatable bonds is 7. The van der Waals surface area contributed by atoms with Crippen molar-refractivity contribution in [3.05, 3.63) is 23.8 Å². The van der Waals surface area contributed by atoms with Crippen molar-refractivity contribution in [3.8, 4) is 11.5 Å². The number of hydrogen-bond donors (Lipinski definition) is 2. The summed E-state index contributed by atoms with van der Waals surface area (Å²) in [6.45, 7) is 2.78. The maximum atomic E-state index is 11.0. The number of ether oxygens (including phenoxy) is 1. The molecule has 2 N–H and O–H groups in total. The van der Waals surface area contributed by atoms with Crippen LogP contribution in [0.5, 0.6) is 11.5 Å². The van der Waals surface area contributed by atoms with Crippen molar-refractivity contribution >= 4 is 10.8 Å². The quantitative estimate of drug-likeness (QED) is 0.791. The molecule has 102 valence electrons. The molecule has 2 atom stereocenters. The molecular weight excluding hydrogens is 250 g/mol. The minimum absolute atomic E-state index is 0.149. The Morgan fingerprint density at radius 2 is 2.22 bits per heavy atom. The fourth-order valence-electron chi connectivity index (χ4n) is 1.57. The summed E-state index contributed by atoms with van der Waals surface area (Å²) in [7, 11) is 0.798. The van der Waals surface area contributed by atoms with Gasteiger partial charge in [-0.3, -0.25) is 4.21 Å². The molecule has 2 unspecified atom stereocenters. The van der Waals surface area contributed by atoms with E-state index in [4.69, 9.17) is 4.74 Å². The van der Waals surface area contributed by atoms with Crippen molar-refractivity contribution in [3.63, 3.8) is 0 Å². The predicted molar refractivity (Wildman–Crippen MR) is 74.5 cm³/mol. The Labute approximate surface area is 111 Å². The molecule has 0 saturated heterocycles. The molecule has 0 bridgehead atoms. The smallest absolute Gasteiger partial charge is 0.160 e. The van der Waals surface area contributed by atoms with Crippen molar-refractivity contribution in [1.82, 2.24) is 5.32 Å². The van der Waals surface area contributed by atoms with E-state index in [0.29, 0.717) is 24.1 Å². The minimum Gasteiger partial charge on any atom is -0.504 e. The van der Waals surface area contributed by atoms with Gasteiger partial charge < -0.3 is 15.2 Å². The first kappa shape index (κ1) is 15.0. The van der Waals surface area contributed by atoms with E-state index in [-0.39, 0.29) is 5.75 Å². The average molecular weight is 271 g/mol. The molecule has 0 saturated carbocycles. The zero-order valence-electron chi connectivity index (χ0n) is 11.1. The summed E-state index contributed by atoms with van der Waals surface area (Å²) in [5.41, 5.74) is 1.05. The fraction of sp³-hybridized carbons (Fsp3) is 0.538. The molecule has 0 amide bonds. The average Bonchev–Trinajstić information content (AvgIpc) is 2.35. The highest BCUT2D eigenvalue weighted by atomic mass is 32.2. The van der Waals surface area contributed by atoms with Gasteiger partial charge >= 0.3 is 0 Å². The molecule has 0 aromatic heterocycles. The number of nitrogens with one attached hydrogen (secondary N) is 1. The van der Waals surface area contributed by atoms with Gasteiger partial charge in [0.25, 0.3) is 0 Å². The number of benzene rings is 1. The lowest BCUT2D eigenvalue weighted by atomic mass is 10.2. The zero-order valence-corrected chi connectivity index (χ0v) is 11.9. The van der Waals surface area contributed by atoms with Gasteiger partial charge in [-0.05, 0) is 31.0 Å². The van der Waals surface area contributed by atoms with E-state index < -0.39 is 10.8 Å². The first-order valence-electron chi connectivity index (χ1n) is 5.92. The van der Waals surface area contributed by atoms with Crippen LogP contribution in [0, 0.1) is 0 Å². The van der Waals surface area contributed by atoms with Crippen molar-refractivity contribution < 1.29 is 14.1 Å². The maximum absolute atomic E-state index is 11.0. The summed E-state index contributed by atoms with van der Waals surface area (Å²) in [6.07, 6.45) is 2.61. The number of hydrogen-bond acceptors (Lipinski definition) is 4. The molecule has 4 nitrogen and oxygen atoms in total. The number of aromatic hydroxyl groups is 1. The van der Waals surface area contributed by atoms with Crippen LogP contribution in [0.1, 0.15) is 18.9 Å². The molecule has 5 heteroatoms. The van der Waals surface area contributed by atoms with Gasteiger partial charge in [-0.25, -0.2) is 0 Å². The maximum Gasteiger partial charge on any atom is 0.160 e. The molecule has 0 radical (unpaired) electrons. The first-order valence-corrected chi connectivity index (χ1v) is 7.65. The Bertz CT molecular complexity index is 409. The van der Waals surface area contributed by atoms with Gasteiger partial charge in [0.05, 0.1) is 7.11 Å².